The van der Waals surface area contributed by atoms with Crippen molar-refractivity contribution < 1.29 is 9.21 Å². The first-order valence-corrected chi connectivity index (χ1v) is 12.9. The van der Waals surface area contributed by atoms with Gasteiger partial charge in [-0.25, -0.2) is 0 Å². The molecule has 2 aromatic heterocycles. The van der Waals surface area contributed by atoms with Gasteiger partial charge in [0, 0.05) is 74.1 Å². The monoisotopic (exact) mass is 482 g/mol. The number of carbonyl (C=O) groups is 1. The van der Waals surface area contributed by atoms with E-state index in [4.69, 9.17) is 9.40 Å². The lowest BCUT2D eigenvalue weighted by Crippen LogP contribution is -2.47. The molecule has 1 atom stereocenters. The Morgan fingerprint density at radius 1 is 0.972 bits per heavy atom. The number of furan rings is 1. The van der Waals surface area contributed by atoms with Crippen molar-refractivity contribution in [1.82, 2.24) is 19.7 Å². The molecule has 4 aromatic rings. The summed E-state index contributed by atoms with van der Waals surface area (Å²) in [5.74, 6) is 0.0859. The molecular weight excluding hydrogens is 448 g/mol. The van der Waals surface area contributed by atoms with Gasteiger partial charge in [0.15, 0.2) is 0 Å². The molecule has 0 aliphatic carbocycles. The van der Waals surface area contributed by atoms with E-state index in [-0.39, 0.29) is 11.9 Å². The Morgan fingerprint density at radius 2 is 1.72 bits per heavy atom. The molecule has 6 heteroatoms. The Kier molecular flexibility index (Phi) is 7.44. The van der Waals surface area contributed by atoms with Gasteiger partial charge in [0.05, 0.1) is 24.1 Å². The minimum Gasteiger partial charge on any atom is -0.472 e. The first-order valence-electron chi connectivity index (χ1n) is 12.9. The van der Waals surface area contributed by atoms with Crippen LogP contribution in [0.1, 0.15) is 46.9 Å². The summed E-state index contributed by atoms with van der Waals surface area (Å²) in [6.07, 6.45) is 5.44. The largest absolute Gasteiger partial charge is 0.472 e. The molecule has 0 radical (unpaired) electrons. The molecule has 1 unspecified atom stereocenters. The summed E-state index contributed by atoms with van der Waals surface area (Å²) in [6, 6.07) is 20.9. The van der Waals surface area contributed by atoms with Crippen molar-refractivity contribution in [3.8, 4) is 0 Å². The number of nitrogens with zero attached hydrogens (tertiary/aromatic N) is 4. The number of rotatable bonds is 8. The third kappa shape index (κ3) is 5.06. The van der Waals surface area contributed by atoms with Crippen LogP contribution in [0.2, 0.25) is 0 Å². The Bertz CT molecular complexity index is 1270. The van der Waals surface area contributed by atoms with Gasteiger partial charge in [-0.2, -0.15) is 0 Å². The average molecular weight is 483 g/mol. The molecule has 0 N–H and O–H groups in total. The molecule has 1 amide bonds. The molecule has 1 fully saturated rings. The summed E-state index contributed by atoms with van der Waals surface area (Å²) in [4.78, 5) is 24.6. The molecule has 0 bridgehead atoms. The second kappa shape index (κ2) is 11.1. The second-order valence-electron chi connectivity index (χ2n) is 9.37. The van der Waals surface area contributed by atoms with Gasteiger partial charge in [0.25, 0.3) is 5.91 Å². The number of fused-ring (bicyclic) bond motifs is 1. The normalized spacial score (nSPS) is 15.7. The van der Waals surface area contributed by atoms with Crippen LogP contribution in [0.3, 0.4) is 0 Å². The summed E-state index contributed by atoms with van der Waals surface area (Å²) < 4.78 is 5.26. The summed E-state index contributed by atoms with van der Waals surface area (Å²) in [6.45, 7) is 10.2. The van der Waals surface area contributed by atoms with E-state index in [9.17, 15) is 4.79 Å². The van der Waals surface area contributed by atoms with Crippen LogP contribution < -0.4 is 0 Å². The van der Waals surface area contributed by atoms with Crippen molar-refractivity contribution in [3.05, 3.63) is 102 Å². The molecule has 1 saturated heterocycles. The van der Waals surface area contributed by atoms with Gasteiger partial charge in [-0.05, 0) is 43.7 Å². The van der Waals surface area contributed by atoms with E-state index in [1.807, 2.05) is 55.5 Å². The zero-order chi connectivity index (χ0) is 24.9. The summed E-state index contributed by atoms with van der Waals surface area (Å²) >= 11 is 0. The topological polar surface area (TPSA) is 52.8 Å². The summed E-state index contributed by atoms with van der Waals surface area (Å²) in [7, 11) is 0. The molecule has 2 aromatic carbocycles. The summed E-state index contributed by atoms with van der Waals surface area (Å²) in [5.41, 5.74) is 5.38. The Balaban J connectivity index is 1.45. The Morgan fingerprint density at radius 3 is 2.42 bits per heavy atom. The van der Waals surface area contributed by atoms with Crippen molar-refractivity contribution in [2.24, 2.45) is 0 Å². The van der Waals surface area contributed by atoms with E-state index in [0.717, 1.165) is 49.2 Å². The van der Waals surface area contributed by atoms with E-state index in [1.54, 1.807) is 6.26 Å². The van der Waals surface area contributed by atoms with Crippen molar-refractivity contribution in [2.45, 2.75) is 26.4 Å². The molecule has 6 nitrogen and oxygen atoms in total. The third-order valence-corrected chi connectivity index (χ3v) is 7.24. The van der Waals surface area contributed by atoms with E-state index in [1.165, 1.54) is 16.7 Å². The number of benzene rings is 2. The zero-order valence-corrected chi connectivity index (χ0v) is 21.1. The van der Waals surface area contributed by atoms with Gasteiger partial charge >= 0.3 is 0 Å². The predicted molar refractivity (Wildman–Crippen MR) is 143 cm³/mol. The highest BCUT2D eigenvalue weighted by atomic mass is 16.3. The molecule has 1 aliphatic heterocycles. The van der Waals surface area contributed by atoms with Crippen LogP contribution in [-0.4, -0.2) is 64.9 Å². The molecule has 5 rings (SSSR count). The lowest BCUT2D eigenvalue weighted by Gasteiger charge is -2.40. The first kappa shape index (κ1) is 24.2. The molecule has 186 valence electrons. The Labute approximate surface area is 213 Å². The SMILES string of the molecule is CCN(CC)C(=O)c1ccc(C(c2cccc3cccnc23)N2CCN(Cc3ccoc3)CC2)cc1. The van der Waals surface area contributed by atoms with Crippen molar-refractivity contribution in [2.75, 3.05) is 39.3 Å². The van der Waals surface area contributed by atoms with E-state index < -0.39 is 0 Å². The minimum absolute atomic E-state index is 0.0669. The number of hydrogen-bond donors (Lipinski definition) is 0. The highest BCUT2D eigenvalue weighted by molar-refractivity contribution is 5.94. The van der Waals surface area contributed by atoms with Gasteiger partial charge in [-0.15, -0.1) is 0 Å². The smallest absolute Gasteiger partial charge is 0.253 e. The number of hydrogen-bond acceptors (Lipinski definition) is 5. The van der Waals surface area contributed by atoms with Crippen LogP contribution in [-0.2, 0) is 6.54 Å². The maximum absolute atomic E-state index is 12.9. The number of pyridine rings is 1. The van der Waals surface area contributed by atoms with Crippen LogP contribution in [0, 0.1) is 0 Å². The third-order valence-electron chi connectivity index (χ3n) is 7.24. The Hall–Kier alpha value is -3.48. The fraction of sp³-hybridized carbons (Fsp3) is 0.333. The number of para-hydroxylation sites is 1. The fourth-order valence-electron chi connectivity index (χ4n) is 5.26. The van der Waals surface area contributed by atoms with E-state index >= 15 is 0 Å². The molecule has 0 spiro atoms. The molecule has 0 saturated carbocycles. The maximum atomic E-state index is 12.9. The summed E-state index contributed by atoms with van der Waals surface area (Å²) in [5, 5.41) is 1.15. The van der Waals surface area contributed by atoms with Crippen LogP contribution in [0.4, 0.5) is 0 Å². The average Bonchev–Trinajstić information content (AvgIpc) is 3.44. The van der Waals surface area contributed by atoms with Crippen molar-refractivity contribution in [3.63, 3.8) is 0 Å². The highest BCUT2D eigenvalue weighted by Crippen LogP contribution is 2.34. The quantitative estimate of drug-likeness (QED) is 0.345. The standard InChI is InChI=1S/C30H34N4O2/c1-3-33(4-2)30(35)26-12-10-25(11-13-26)29(27-9-5-7-24-8-6-15-31-28(24)27)34-18-16-32(17-19-34)21-23-14-20-36-22-23/h5-15,20,22,29H,3-4,16-19,21H2,1-2H3. The first-order chi connectivity index (χ1) is 17.7. The molecule has 36 heavy (non-hydrogen) atoms. The lowest BCUT2D eigenvalue weighted by molar-refractivity contribution is 0.0773. The van der Waals surface area contributed by atoms with Crippen LogP contribution in [0.15, 0.2) is 83.8 Å². The van der Waals surface area contributed by atoms with E-state index in [0.29, 0.717) is 13.1 Å². The van der Waals surface area contributed by atoms with Gasteiger partial charge in [-0.3, -0.25) is 19.6 Å². The highest BCUT2D eigenvalue weighted by Gasteiger charge is 2.28. The molecular formula is C30H34N4O2. The minimum atomic E-state index is 0.0669. The van der Waals surface area contributed by atoms with Gasteiger partial charge in [0.1, 0.15) is 0 Å². The van der Waals surface area contributed by atoms with Crippen LogP contribution in [0.5, 0.6) is 0 Å². The lowest BCUT2D eigenvalue weighted by atomic mass is 9.93. The van der Waals surface area contributed by atoms with E-state index in [2.05, 4.69) is 46.2 Å². The number of amides is 1. The molecule has 3 heterocycles. The molecule has 1 aliphatic rings. The second-order valence-corrected chi connectivity index (χ2v) is 9.37. The maximum Gasteiger partial charge on any atom is 0.253 e. The van der Waals surface area contributed by atoms with Crippen molar-refractivity contribution in [1.29, 1.82) is 0 Å². The van der Waals surface area contributed by atoms with Crippen LogP contribution in [0.25, 0.3) is 10.9 Å². The fourth-order valence-corrected chi connectivity index (χ4v) is 5.26. The van der Waals surface area contributed by atoms with Gasteiger partial charge < -0.3 is 9.32 Å². The van der Waals surface area contributed by atoms with Crippen LogP contribution >= 0.6 is 0 Å². The van der Waals surface area contributed by atoms with Gasteiger partial charge in [0.2, 0.25) is 0 Å². The predicted octanol–water partition coefficient (Wildman–Crippen LogP) is 5.22. The zero-order valence-electron chi connectivity index (χ0n) is 21.1. The number of aromatic nitrogens is 1. The number of carbonyl (C=O) groups excluding carboxylic acids is 1. The van der Waals surface area contributed by atoms with Crippen molar-refractivity contribution >= 4 is 16.8 Å². The van der Waals surface area contributed by atoms with Gasteiger partial charge in [-0.1, -0.05) is 36.4 Å². The number of piperazine rings is 1.